The van der Waals surface area contributed by atoms with Crippen molar-refractivity contribution in [1.29, 1.82) is 0 Å². The minimum Gasteiger partial charge on any atom is -0.390 e. The molecule has 0 bridgehead atoms. The van der Waals surface area contributed by atoms with Crippen LogP contribution in [0.15, 0.2) is 12.3 Å². The summed E-state index contributed by atoms with van der Waals surface area (Å²) in [6, 6.07) is 1.93. The Morgan fingerprint density at radius 3 is 3.00 bits per heavy atom. The highest BCUT2D eigenvalue weighted by molar-refractivity contribution is 4.96. The topological polar surface area (TPSA) is 50.1 Å². The molecule has 1 aromatic rings. The molecule has 4 nitrogen and oxygen atoms in total. The molecule has 1 unspecified atom stereocenters. The van der Waals surface area contributed by atoms with Crippen LogP contribution >= 0.6 is 0 Å². The number of hydrogen-bond donors (Lipinski definition) is 2. The molecule has 0 saturated carbocycles. The monoisotopic (exact) mass is 183 g/mol. The summed E-state index contributed by atoms with van der Waals surface area (Å²) < 4.78 is 1.81. The third-order valence-corrected chi connectivity index (χ3v) is 1.94. The van der Waals surface area contributed by atoms with E-state index in [-0.39, 0.29) is 6.10 Å². The molecule has 0 fully saturated rings. The third-order valence-electron chi connectivity index (χ3n) is 1.94. The van der Waals surface area contributed by atoms with E-state index in [0.717, 1.165) is 12.2 Å². The Morgan fingerprint density at radius 2 is 2.46 bits per heavy atom. The van der Waals surface area contributed by atoms with E-state index in [1.807, 2.05) is 24.6 Å². The zero-order valence-corrected chi connectivity index (χ0v) is 8.20. The van der Waals surface area contributed by atoms with Crippen LogP contribution < -0.4 is 5.32 Å². The number of nitrogens with one attached hydrogen (secondary N) is 1. The average molecular weight is 183 g/mol. The molecule has 13 heavy (non-hydrogen) atoms. The molecule has 0 radical (unpaired) electrons. The number of likely N-dealkylation sites (N-methyl/N-ethyl adjacent to an activating group) is 1. The third kappa shape index (κ3) is 3.16. The second kappa shape index (κ2) is 4.99. The minimum atomic E-state index is -0.362. The van der Waals surface area contributed by atoms with E-state index >= 15 is 0 Å². The lowest BCUT2D eigenvalue weighted by Gasteiger charge is -2.11. The Bertz CT molecular complexity index is 247. The summed E-state index contributed by atoms with van der Waals surface area (Å²) in [7, 11) is 0. The lowest BCUT2D eigenvalue weighted by molar-refractivity contribution is 0.147. The molecule has 0 amide bonds. The van der Waals surface area contributed by atoms with Gasteiger partial charge in [-0.2, -0.15) is 5.10 Å². The van der Waals surface area contributed by atoms with Gasteiger partial charge in [0.2, 0.25) is 0 Å². The summed E-state index contributed by atoms with van der Waals surface area (Å²) in [6.07, 6.45) is 1.38. The molecule has 0 spiro atoms. The van der Waals surface area contributed by atoms with Crippen molar-refractivity contribution in [3.8, 4) is 0 Å². The van der Waals surface area contributed by atoms with E-state index in [2.05, 4.69) is 10.4 Å². The normalized spacial score (nSPS) is 13.2. The molecule has 1 aromatic heterocycles. The average Bonchev–Trinajstić information content (AvgIpc) is 2.48. The Morgan fingerprint density at radius 1 is 1.69 bits per heavy atom. The number of nitrogens with zero attached hydrogens (tertiary/aromatic N) is 2. The van der Waals surface area contributed by atoms with Crippen molar-refractivity contribution in [2.45, 2.75) is 26.5 Å². The fourth-order valence-electron chi connectivity index (χ4n) is 1.17. The van der Waals surface area contributed by atoms with Gasteiger partial charge in [-0.3, -0.25) is 4.68 Å². The highest BCUT2D eigenvalue weighted by atomic mass is 16.3. The van der Waals surface area contributed by atoms with E-state index in [1.54, 1.807) is 6.20 Å². The molecule has 1 heterocycles. The molecule has 1 atom stereocenters. The smallest absolute Gasteiger partial charge is 0.0860 e. The van der Waals surface area contributed by atoms with E-state index < -0.39 is 0 Å². The van der Waals surface area contributed by atoms with Gasteiger partial charge in [-0.15, -0.1) is 0 Å². The Hall–Kier alpha value is -0.870. The van der Waals surface area contributed by atoms with Crippen molar-refractivity contribution in [1.82, 2.24) is 15.1 Å². The fourth-order valence-corrected chi connectivity index (χ4v) is 1.17. The van der Waals surface area contributed by atoms with Crippen molar-refractivity contribution in [2.24, 2.45) is 0 Å². The summed E-state index contributed by atoms with van der Waals surface area (Å²) in [5.74, 6) is 0. The molecule has 0 saturated heterocycles. The summed E-state index contributed by atoms with van der Waals surface area (Å²) in [4.78, 5) is 0. The van der Waals surface area contributed by atoms with Gasteiger partial charge in [-0.1, -0.05) is 6.92 Å². The van der Waals surface area contributed by atoms with Crippen LogP contribution in [0.4, 0.5) is 0 Å². The van der Waals surface area contributed by atoms with Crippen LogP contribution in [0, 0.1) is 6.92 Å². The number of aliphatic hydroxyl groups is 1. The fraction of sp³-hybridized carbons (Fsp3) is 0.667. The molecule has 4 heteroatoms. The number of aliphatic hydroxyl groups excluding tert-OH is 1. The van der Waals surface area contributed by atoms with E-state index in [1.165, 1.54) is 0 Å². The summed E-state index contributed by atoms with van der Waals surface area (Å²) in [5, 5.41) is 16.7. The lowest BCUT2D eigenvalue weighted by atomic mass is 10.3. The van der Waals surface area contributed by atoms with E-state index in [9.17, 15) is 5.11 Å². The largest absolute Gasteiger partial charge is 0.390 e. The van der Waals surface area contributed by atoms with Crippen molar-refractivity contribution < 1.29 is 5.11 Å². The Labute approximate surface area is 78.6 Å². The Kier molecular flexibility index (Phi) is 3.92. The number of rotatable bonds is 5. The maximum Gasteiger partial charge on any atom is 0.0860 e. The van der Waals surface area contributed by atoms with Crippen molar-refractivity contribution >= 4 is 0 Å². The van der Waals surface area contributed by atoms with Crippen LogP contribution in [0.1, 0.15) is 12.6 Å². The minimum absolute atomic E-state index is 0.362. The molecular weight excluding hydrogens is 166 g/mol. The first-order chi connectivity index (χ1) is 6.24. The first-order valence-electron chi connectivity index (χ1n) is 4.61. The van der Waals surface area contributed by atoms with Gasteiger partial charge in [0.05, 0.1) is 12.6 Å². The maximum atomic E-state index is 9.55. The van der Waals surface area contributed by atoms with Gasteiger partial charge in [-0.25, -0.2) is 0 Å². The van der Waals surface area contributed by atoms with Crippen LogP contribution in [0.2, 0.25) is 0 Å². The molecule has 74 valence electrons. The van der Waals surface area contributed by atoms with Crippen LogP contribution in [0.25, 0.3) is 0 Å². The van der Waals surface area contributed by atoms with Gasteiger partial charge >= 0.3 is 0 Å². The second-order valence-electron chi connectivity index (χ2n) is 3.12. The van der Waals surface area contributed by atoms with Gasteiger partial charge in [0.1, 0.15) is 0 Å². The van der Waals surface area contributed by atoms with Crippen molar-refractivity contribution in [3.05, 3.63) is 18.0 Å². The van der Waals surface area contributed by atoms with Crippen molar-refractivity contribution in [2.75, 3.05) is 13.1 Å². The van der Waals surface area contributed by atoms with Gasteiger partial charge in [0, 0.05) is 18.4 Å². The maximum absolute atomic E-state index is 9.55. The van der Waals surface area contributed by atoms with E-state index in [4.69, 9.17) is 0 Å². The van der Waals surface area contributed by atoms with Gasteiger partial charge in [0.25, 0.3) is 0 Å². The molecule has 0 aliphatic rings. The summed E-state index contributed by atoms with van der Waals surface area (Å²) in [5.41, 5.74) is 1.08. The quantitative estimate of drug-likeness (QED) is 0.684. The second-order valence-corrected chi connectivity index (χ2v) is 3.12. The molecule has 2 N–H and O–H groups in total. The predicted molar refractivity (Wildman–Crippen MR) is 51.5 cm³/mol. The molecule has 0 aliphatic carbocycles. The molecule has 0 aliphatic heterocycles. The van der Waals surface area contributed by atoms with E-state index in [0.29, 0.717) is 13.1 Å². The summed E-state index contributed by atoms with van der Waals surface area (Å²) >= 11 is 0. The molecular formula is C9H17N3O. The Balaban J connectivity index is 2.36. The molecule has 0 aromatic carbocycles. The highest BCUT2D eigenvalue weighted by Gasteiger charge is 2.05. The van der Waals surface area contributed by atoms with Gasteiger partial charge in [-0.05, 0) is 19.5 Å². The molecule has 1 rings (SSSR count). The SMILES string of the molecule is CCNCC(O)Cn1nccc1C. The van der Waals surface area contributed by atoms with Crippen molar-refractivity contribution in [3.63, 3.8) is 0 Å². The van der Waals surface area contributed by atoms with Crippen LogP contribution in [-0.4, -0.2) is 34.1 Å². The number of aromatic nitrogens is 2. The number of aryl methyl sites for hydroxylation is 1. The lowest BCUT2D eigenvalue weighted by Crippen LogP contribution is -2.30. The zero-order valence-electron chi connectivity index (χ0n) is 8.20. The highest BCUT2D eigenvalue weighted by Crippen LogP contribution is 1.97. The van der Waals surface area contributed by atoms with Gasteiger partial charge in [0.15, 0.2) is 0 Å². The van der Waals surface area contributed by atoms with Crippen LogP contribution in [0.3, 0.4) is 0 Å². The zero-order chi connectivity index (χ0) is 9.68. The van der Waals surface area contributed by atoms with Crippen LogP contribution in [-0.2, 0) is 6.54 Å². The van der Waals surface area contributed by atoms with Gasteiger partial charge < -0.3 is 10.4 Å². The summed E-state index contributed by atoms with van der Waals surface area (Å²) in [6.45, 7) is 6.07. The first-order valence-corrected chi connectivity index (χ1v) is 4.61. The standard InChI is InChI=1S/C9H17N3O/c1-3-10-6-9(13)7-12-8(2)4-5-11-12/h4-5,9-10,13H,3,6-7H2,1-2H3. The number of hydrogen-bond acceptors (Lipinski definition) is 3. The predicted octanol–water partition coefficient (Wildman–Crippen LogP) is 0.162. The van der Waals surface area contributed by atoms with Crippen LogP contribution in [0.5, 0.6) is 0 Å². The first kappa shape index (κ1) is 10.2.